The van der Waals surface area contributed by atoms with Gasteiger partial charge in [0.2, 0.25) is 0 Å². The topological polar surface area (TPSA) is 0 Å². The second-order valence-electron chi connectivity index (χ2n) is 2.32. The zero-order valence-corrected chi connectivity index (χ0v) is 9.25. The van der Waals surface area contributed by atoms with Gasteiger partial charge in [0.25, 0.3) is 0 Å². The first kappa shape index (κ1) is 13.0. The van der Waals surface area contributed by atoms with Gasteiger partial charge < -0.3 is 18.1 Å². The van der Waals surface area contributed by atoms with Crippen molar-refractivity contribution in [2.75, 3.05) is 0 Å². The van der Waals surface area contributed by atoms with E-state index < -0.39 is 18.2 Å². The molecule has 0 rings (SSSR count). The number of halogens is 2. The molecule has 1 unspecified atom stereocenters. The van der Waals surface area contributed by atoms with Gasteiger partial charge in [-0.2, -0.15) is 0 Å². The second-order valence-corrected chi connectivity index (χ2v) is 4.95. The summed E-state index contributed by atoms with van der Waals surface area (Å²) >= 11 is -0.639. The molecule has 0 nitrogen and oxygen atoms in total. The van der Waals surface area contributed by atoms with Crippen molar-refractivity contribution in [2.24, 2.45) is 11.8 Å². The van der Waals surface area contributed by atoms with Gasteiger partial charge in [-0.1, -0.05) is 27.7 Å². The van der Waals surface area contributed by atoms with E-state index in [0.29, 0.717) is 5.92 Å². The molecule has 53 valence electrons. The molecule has 0 aromatic carbocycles. The van der Waals surface area contributed by atoms with Crippen LogP contribution in [0.5, 0.6) is 0 Å². The molecule has 0 saturated carbocycles. The summed E-state index contributed by atoms with van der Waals surface area (Å²) in [5.41, 5.74) is 0. The Morgan fingerprint density at radius 2 is 1.33 bits per heavy atom. The highest BCUT2D eigenvalue weighted by molar-refractivity contribution is 7.22. The van der Waals surface area contributed by atoms with Crippen molar-refractivity contribution in [1.82, 2.24) is 0 Å². The van der Waals surface area contributed by atoms with E-state index in [9.17, 15) is 0 Å². The normalized spacial score (nSPS) is 8.44. The molecule has 0 bridgehead atoms. The summed E-state index contributed by atoms with van der Waals surface area (Å²) in [7, 11) is 9.81. The number of rotatable bonds is 1. The van der Waals surface area contributed by atoms with Crippen LogP contribution in [0, 0.1) is 18.8 Å². The highest BCUT2D eigenvalue weighted by atomic mass is 35.6. The number of hydrogen-bond acceptors (Lipinski definition) is 0. The van der Waals surface area contributed by atoms with Gasteiger partial charge in [-0.05, 0) is 11.8 Å². The Morgan fingerprint density at radius 3 is 1.33 bits per heavy atom. The summed E-state index contributed by atoms with van der Waals surface area (Å²) in [4.78, 5) is 0. The lowest BCUT2D eigenvalue weighted by molar-refractivity contribution is 0.501. The van der Waals surface area contributed by atoms with E-state index in [4.69, 9.17) is 18.1 Å². The van der Waals surface area contributed by atoms with Gasteiger partial charge in [0.1, 0.15) is 0 Å². The number of hydrogen-bond donors (Lipinski definition) is 0. The maximum absolute atomic E-state index is 4.90. The van der Waals surface area contributed by atoms with E-state index in [1.807, 2.05) is 0 Å². The third-order valence-corrected chi connectivity index (χ3v) is 1.14. The Morgan fingerprint density at radius 1 is 1.22 bits per heavy atom. The molecule has 0 fully saturated rings. The Balaban J connectivity index is 0. The minimum Gasteiger partial charge on any atom is -0.309 e. The van der Waals surface area contributed by atoms with Gasteiger partial charge in [-0.3, -0.25) is 0 Å². The van der Waals surface area contributed by atoms with Crippen molar-refractivity contribution in [3.05, 3.63) is 6.92 Å². The first-order valence-electron chi connectivity index (χ1n) is 3.01. The molecule has 0 amide bonds. The molecule has 0 aromatic heterocycles. The molecule has 9 heavy (non-hydrogen) atoms. The quantitative estimate of drug-likeness (QED) is 0.544. The largest absolute Gasteiger partial charge is 0.618 e. The highest BCUT2D eigenvalue weighted by Crippen LogP contribution is 2.05. The van der Waals surface area contributed by atoms with Crippen LogP contribution in [0.4, 0.5) is 0 Å². The monoisotopic (exact) mass is 179 g/mol. The van der Waals surface area contributed by atoms with Crippen molar-refractivity contribution in [1.29, 1.82) is 0 Å². The Hall–Kier alpha value is 1.35. The van der Waals surface area contributed by atoms with Gasteiger partial charge in [0.05, 0.1) is 0 Å². The fourth-order valence-corrected chi connectivity index (χ4v) is 0. The molecule has 1 radical (unpaired) electrons. The van der Waals surface area contributed by atoms with E-state index in [1.165, 1.54) is 0 Å². The predicted molar refractivity (Wildman–Crippen MR) is 46.8 cm³/mol. The Labute approximate surface area is 75.6 Å². The fourth-order valence-electron chi connectivity index (χ4n) is 0. The molecule has 0 aliphatic heterocycles. The zero-order valence-electron chi connectivity index (χ0n) is 6.32. The molecular weight excluding hydrogens is 167 g/mol. The van der Waals surface area contributed by atoms with Crippen LogP contribution in [0.25, 0.3) is 0 Å². The van der Waals surface area contributed by atoms with Crippen LogP contribution < -0.4 is 0 Å². The van der Waals surface area contributed by atoms with E-state index in [-0.39, 0.29) is 0 Å². The van der Waals surface area contributed by atoms with Gasteiger partial charge in [-0.25, -0.2) is 0 Å². The van der Waals surface area contributed by atoms with Crippen molar-refractivity contribution in [3.63, 3.8) is 0 Å². The van der Waals surface area contributed by atoms with E-state index in [2.05, 4.69) is 27.7 Å². The third kappa shape index (κ3) is 17.6. The van der Waals surface area contributed by atoms with Crippen LogP contribution in [0.1, 0.15) is 20.8 Å². The summed E-state index contributed by atoms with van der Waals surface area (Å²) in [5, 5.41) is 0. The smallest absolute Gasteiger partial charge is 0.309 e. The van der Waals surface area contributed by atoms with Gasteiger partial charge >= 0.3 is 18.2 Å². The molecule has 0 aromatic rings. The summed E-state index contributed by atoms with van der Waals surface area (Å²) in [6, 6.07) is 0. The van der Waals surface area contributed by atoms with Gasteiger partial charge in [0, 0.05) is 0 Å². The van der Waals surface area contributed by atoms with E-state index >= 15 is 0 Å². The average Bonchev–Trinajstić information content (AvgIpc) is 1.68. The maximum atomic E-state index is 4.90. The highest BCUT2D eigenvalue weighted by Gasteiger charge is 1.95. The molecule has 1 atom stereocenters. The van der Waals surface area contributed by atoms with Crippen LogP contribution in [-0.2, 0) is 0 Å². The van der Waals surface area contributed by atoms with Crippen LogP contribution in [0.2, 0.25) is 0 Å². The lowest BCUT2D eigenvalue weighted by Crippen LogP contribution is -1.96. The summed E-state index contributed by atoms with van der Waals surface area (Å²) in [5.74, 6) is 1.34. The summed E-state index contributed by atoms with van der Waals surface area (Å²) in [6.07, 6.45) is 0. The standard InChI is InChI=1S/C6H13.2ClH.Mg/c1-5(2)6(3)4;;;/h5-6H,1H2,2-4H3;2*1H;/q;;;+2/p-2. The molecular formula is C6H13Cl2Mg. The summed E-state index contributed by atoms with van der Waals surface area (Å²) < 4.78 is 0. The molecule has 0 spiro atoms. The van der Waals surface area contributed by atoms with Crippen LogP contribution in [0.15, 0.2) is 0 Å². The van der Waals surface area contributed by atoms with Crippen molar-refractivity contribution in [3.8, 4) is 0 Å². The lowest BCUT2D eigenvalue weighted by atomic mass is 10.0. The van der Waals surface area contributed by atoms with Gasteiger partial charge in [-0.15, -0.1) is 0 Å². The Kier molecular flexibility index (Phi) is 13.5. The minimum absolute atomic E-state index is 0.602. The minimum atomic E-state index is -0.639. The van der Waals surface area contributed by atoms with Crippen LogP contribution in [-0.4, -0.2) is 18.2 Å². The molecule has 0 saturated heterocycles. The van der Waals surface area contributed by atoms with E-state index in [1.54, 1.807) is 0 Å². The summed E-state index contributed by atoms with van der Waals surface area (Å²) in [6.45, 7) is 10.3. The molecule has 0 aliphatic carbocycles. The molecule has 0 heterocycles. The first-order valence-corrected chi connectivity index (χ1v) is 7.28. The van der Waals surface area contributed by atoms with Gasteiger partial charge in [0.15, 0.2) is 0 Å². The first-order chi connectivity index (χ1) is 4.06. The fraction of sp³-hybridized carbons (Fsp3) is 0.833. The molecule has 0 aliphatic rings. The van der Waals surface area contributed by atoms with Crippen LogP contribution >= 0.6 is 18.1 Å². The Bertz CT molecular complexity index is 40.3. The molecule has 0 N–H and O–H groups in total. The van der Waals surface area contributed by atoms with Crippen molar-refractivity contribution >= 4 is 36.3 Å². The average molecular weight is 180 g/mol. The zero-order chi connectivity index (χ0) is 7.86. The van der Waals surface area contributed by atoms with Crippen LogP contribution in [0.3, 0.4) is 0 Å². The third-order valence-electron chi connectivity index (χ3n) is 1.14. The van der Waals surface area contributed by atoms with E-state index in [0.717, 1.165) is 5.92 Å². The second kappa shape index (κ2) is 9.35. The molecule has 3 heteroatoms. The maximum Gasteiger partial charge on any atom is 0.618 e. The SMILES string of the molecule is [CH2]C(C)C(C)C.[Cl][Mg][Cl]. The van der Waals surface area contributed by atoms with Crippen molar-refractivity contribution in [2.45, 2.75) is 20.8 Å². The van der Waals surface area contributed by atoms with Crippen molar-refractivity contribution < 1.29 is 0 Å². The lowest BCUT2D eigenvalue weighted by Gasteiger charge is -2.05. The predicted octanol–water partition coefficient (Wildman–Crippen LogP) is 3.11.